The van der Waals surface area contributed by atoms with Gasteiger partial charge in [0.15, 0.2) is 11.6 Å². The van der Waals surface area contributed by atoms with Crippen molar-refractivity contribution in [2.45, 2.75) is 24.5 Å². The summed E-state index contributed by atoms with van der Waals surface area (Å²) in [5.41, 5.74) is 2.45. The van der Waals surface area contributed by atoms with E-state index in [2.05, 4.69) is 20.0 Å². The van der Waals surface area contributed by atoms with E-state index in [1.165, 1.54) is 10.4 Å². The first-order chi connectivity index (χ1) is 16.8. The van der Waals surface area contributed by atoms with Gasteiger partial charge in [-0.25, -0.2) is 31.1 Å². The number of ether oxygens (including phenoxy) is 1. The second-order valence-corrected chi connectivity index (χ2v) is 11.2. The Morgan fingerprint density at radius 1 is 1.09 bits per heavy atom. The number of aromatic hydroxyl groups is 1. The van der Waals surface area contributed by atoms with Crippen LogP contribution in [0.4, 0.5) is 17.3 Å². The summed E-state index contributed by atoms with van der Waals surface area (Å²) < 4.78 is 57.8. The summed E-state index contributed by atoms with van der Waals surface area (Å²) in [5.74, 6) is 0.228. The molecule has 0 spiro atoms. The lowest BCUT2D eigenvalue weighted by atomic mass is 10.1. The van der Waals surface area contributed by atoms with Crippen LogP contribution in [0, 0.1) is 0 Å². The minimum absolute atomic E-state index is 0.0158. The van der Waals surface area contributed by atoms with Crippen LogP contribution in [0.3, 0.4) is 0 Å². The molecule has 11 nitrogen and oxygen atoms in total. The Labute approximate surface area is 205 Å². The Bertz CT molecular complexity index is 1380. The van der Waals surface area contributed by atoms with E-state index in [0.717, 1.165) is 5.56 Å². The first-order valence-electron chi connectivity index (χ1n) is 11.0. The molecule has 4 rings (SSSR count). The van der Waals surface area contributed by atoms with Crippen molar-refractivity contribution >= 4 is 49.3 Å². The molecule has 3 aromatic rings. The van der Waals surface area contributed by atoms with Gasteiger partial charge in [0.1, 0.15) is 5.75 Å². The van der Waals surface area contributed by atoms with E-state index in [4.69, 9.17) is 4.74 Å². The Morgan fingerprint density at radius 3 is 2.37 bits per heavy atom. The molecule has 0 unspecified atom stereocenters. The number of nitrogens with one attached hydrogen (secondary N) is 2. The smallest absolute Gasteiger partial charge is 0.236 e. The van der Waals surface area contributed by atoms with E-state index in [9.17, 15) is 21.9 Å². The molecule has 13 heteroatoms. The van der Waals surface area contributed by atoms with Crippen LogP contribution in [0.25, 0.3) is 11.0 Å². The Hall–Kier alpha value is -3.00. The third-order valence-electron chi connectivity index (χ3n) is 5.82. The maximum absolute atomic E-state index is 13.2. The zero-order valence-electron chi connectivity index (χ0n) is 19.0. The minimum Gasteiger partial charge on any atom is -0.508 e. The molecule has 0 radical (unpaired) electrons. The number of phenolic OH excluding ortho intramolecular Hbond substituents is 1. The third kappa shape index (κ3) is 5.99. The monoisotopic (exact) mass is 521 g/mol. The van der Waals surface area contributed by atoms with Gasteiger partial charge in [0, 0.05) is 32.0 Å². The topological polar surface area (TPSA) is 151 Å². The molecule has 0 bridgehead atoms. The zero-order chi connectivity index (χ0) is 25.0. The molecule has 1 aliphatic rings. The number of para-hydroxylation sites is 2. The average molecular weight is 522 g/mol. The number of sulfonamides is 1. The van der Waals surface area contributed by atoms with Crippen molar-refractivity contribution in [2.24, 2.45) is 0 Å². The fourth-order valence-corrected chi connectivity index (χ4v) is 5.90. The Kier molecular flexibility index (Phi) is 7.69. The lowest BCUT2D eigenvalue weighted by molar-refractivity contribution is 0.202. The number of nitrogens with zero attached hydrogens (tertiary/aromatic N) is 3. The number of thiol groups is 1. The summed E-state index contributed by atoms with van der Waals surface area (Å²) in [6.07, 6.45) is 0.911. The lowest BCUT2D eigenvalue weighted by Gasteiger charge is -2.27. The molecule has 3 N–H and O–H groups in total. The molecule has 188 valence electrons. The van der Waals surface area contributed by atoms with E-state index in [1.807, 2.05) is 0 Å². The second-order valence-electron chi connectivity index (χ2n) is 8.16. The number of piperidine rings is 1. The highest BCUT2D eigenvalue weighted by Gasteiger charge is 2.32. The molecule has 1 aliphatic heterocycles. The van der Waals surface area contributed by atoms with Crippen molar-refractivity contribution in [1.82, 2.24) is 14.3 Å². The third-order valence-corrected chi connectivity index (χ3v) is 8.51. The quantitative estimate of drug-likeness (QED) is 0.310. The summed E-state index contributed by atoms with van der Waals surface area (Å²) in [6.45, 7) is 0.742. The molecule has 0 amide bonds. The number of phenols is 1. The molecule has 0 saturated carbocycles. The number of methoxy groups -OCH3 is 1. The summed E-state index contributed by atoms with van der Waals surface area (Å²) in [5, 5.41) is 12.4. The maximum atomic E-state index is 13.2. The predicted molar refractivity (Wildman–Crippen MR) is 134 cm³/mol. The molecular weight excluding hydrogens is 494 g/mol. The van der Waals surface area contributed by atoms with E-state index in [0.29, 0.717) is 29.7 Å². The van der Waals surface area contributed by atoms with Gasteiger partial charge in [-0.05, 0) is 43.0 Å². The highest BCUT2D eigenvalue weighted by molar-refractivity contribution is 7.93. The van der Waals surface area contributed by atoms with Crippen molar-refractivity contribution in [3.05, 3.63) is 48.0 Å². The standard InChI is InChI=1S/C22H27N5O6S2/c1-33-13-10-15-6-7-16(28)14-20(15)25-21-22(24-19-5-3-2-4-18(19)23-21)26-35(31,32)17-8-11-27(12-9-17)34(29)30/h2-7,14,17,28,34H,8-13H2,1H3,(H,23,25)(H,24,26). The maximum Gasteiger partial charge on any atom is 0.236 e. The van der Waals surface area contributed by atoms with E-state index >= 15 is 0 Å². The number of aromatic nitrogens is 2. The second kappa shape index (κ2) is 10.7. The van der Waals surface area contributed by atoms with Gasteiger partial charge in [0.25, 0.3) is 0 Å². The fourth-order valence-electron chi connectivity index (χ4n) is 3.93. The van der Waals surface area contributed by atoms with Crippen molar-refractivity contribution in [3.8, 4) is 5.75 Å². The van der Waals surface area contributed by atoms with Gasteiger partial charge < -0.3 is 15.2 Å². The molecule has 35 heavy (non-hydrogen) atoms. The predicted octanol–water partition coefficient (Wildman–Crippen LogP) is 2.00. The Balaban J connectivity index is 1.68. The normalized spacial score (nSPS) is 15.5. The van der Waals surface area contributed by atoms with Crippen LogP contribution >= 0.6 is 0 Å². The van der Waals surface area contributed by atoms with Gasteiger partial charge in [-0.3, -0.25) is 4.72 Å². The van der Waals surface area contributed by atoms with Gasteiger partial charge in [-0.2, -0.15) is 0 Å². The summed E-state index contributed by atoms with van der Waals surface area (Å²) >= 11 is 0. The number of fused-ring (bicyclic) bond motifs is 1. The summed E-state index contributed by atoms with van der Waals surface area (Å²) in [6, 6.07) is 11.9. The van der Waals surface area contributed by atoms with Crippen molar-refractivity contribution in [2.75, 3.05) is 36.8 Å². The van der Waals surface area contributed by atoms with Gasteiger partial charge in [-0.1, -0.05) is 18.2 Å². The fraction of sp³-hybridized carbons (Fsp3) is 0.364. The SMILES string of the molecule is COCCc1ccc(O)cc1Nc1nc2ccccc2nc1NS(=O)(=O)C1CCN([SH](=O)=O)CC1. The number of rotatable bonds is 9. The van der Waals surface area contributed by atoms with Gasteiger partial charge >= 0.3 is 0 Å². The molecule has 0 aliphatic carbocycles. The van der Waals surface area contributed by atoms with Crippen molar-refractivity contribution in [1.29, 1.82) is 0 Å². The molecule has 2 aromatic carbocycles. The average Bonchev–Trinajstić information content (AvgIpc) is 2.84. The molecule has 0 atom stereocenters. The molecule has 1 aromatic heterocycles. The van der Waals surface area contributed by atoms with Crippen LogP contribution in [0.2, 0.25) is 0 Å². The van der Waals surface area contributed by atoms with E-state index in [-0.39, 0.29) is 43.3 Å². The highest BCUT2D eigenvalue weighted by Crippen LogP contribution is 2.31. The number of hydrogen-bond donors (Lipinski definition) is 4. The number of hydrogen-bond acceptors (Lipinski definition) is 9. The molecule has 2 heterocycles. The van der Waals surface area contributed by atoms with Crippen LogP contribution in [0.5, 0.6) is 5.75 Å². The van der Waals surface area contributed by atoms with E-state index in [1.54, 1.807) is 43.5 Å². The highest BCUT2D eigenvalue weighted by atomic mass is 32.2. The van der Waals surface area contributed by atoms with Gasteiger partial charge in [0.05, 0.1) is 22.9 Å². The largest absolute Gasteiger partial charge is 0.508 e. The van der Waals surface area contributed by atoms with Crippen LogP contribution in [0.15, 0.2) is 42.5 Å². The van der Waals surface area contributed by atoms with Gasteiger partial charge in [-0.15, -0.1) is 0 Å². The molecule has 1 fully saturated rings. The first kappa shape index (κ1) is 25.1. The first-order valence-corrected chi connectivity index (χ1v) is 13.7. The van der Waals surface area contributed by atoms with Crippen LogP contribution in [-0.2, 0) is 32.1 Å². The van der Waals surface area contributed by atoms with Gasteiger partial charge in [0.2, 0.25) is 20.9 Å². The lowest BCUT2D eigenvalue weighted by Crippen LogP contribution is -2.40. The van der Waals surface area contributed by atoms with Crippen LogP contribution < -0.4 is 10.0 Å². The van der Waals surface area contributed by atoms with Crippen molar-refractivity contribution in [3.63, 3.8) is 0 Å². The van der Waals surface area contributed by atoms with Crippen LogP contribution in [0.1, 0.15) is 18.4 Å². The molecule has 1 saturated heterocycles. The number of anilines is 3. The Morgan fingerprint density at radius 2 is 1.74 bits per heavy atom. The number of benzene rings is 2. The molecular formula is C22H27N5O6S2. The summed E-state index contributed by atoms with van der Waals surface area (Å²) in [4.78, 5) is 9.08. The van der Waals surface area contributed by atoms with Crippen molar-refractivity contribution < 1.29 is 26.7 Å². The minimum atomic E-state index is -3.89. The zero-order valence-corrected chi connectivity index (χ0v) is 20.8. The van der Waals surface area contributed by atoms with Crippen LogP contribution in [-0.4, -0.2) is 68.3 Å². The summed E-state index contributed by atoms with van der Waals surface area (Å²) in [7, 11) is -5.02. The van der Waals surface area contributed by atoms with E-state index < -0.39 is 26.2 Å².